The molecule has 1 N–H and O–H groups in total. The second-order valence-electron chi connectivity index (χ2n) is 10.2. The van der Waals surface area contributed by atoms with Crippen molar-refractivity contribution in [2.45, 2.75) is 39.7 Å². The van der Waals surface area contributed by atoms with Crippen molar-refractivity contribution in [3.8, 4) is 5.75 Å². The van der Waals surface area contributed by atoms with E-state index in [1.54, 1.807) is 47.4 Å². The molecule has 1 aliphatic heterocycles. The number of hydrogen-bond acceptors (Lipinski definition) is 5. The fraction of sp³-hybridized carbons (Fsp3) is 0.233. The van der Waals surface area contributed by atoms with E-state index in [2.05, 4.69) is 19.2 Å². The van der Waals surface area contributed by atoms with E-state index in [1.807, 2.05) is 30.3 Å². The standard InChI is InChI=1S/C30H27ClN2O4/c1-18(34)33-25-10-5-4-9-23(25)32-24-16-30(2,3)17-26(35)27(24)28(33)20-7-6-8-22(15-20)37-29(36)19-11-13-21(31)14-12-19/h4-15,28,32H,16-17H2,1-3H3. The molecule has 1 heterocycles. The number of Topliss-reactive ketones (excluding diaryl/α,β-unsaturated/α-hetero) is 1. The molecule has 188 valence electrons. The zero-order valence-corrected chi connectivity index (χ0v) is 21.6. The second kappa shape index (κ2) is 9.52. The van der Waals surface area contributed by atoms with E-state index in [4.69, 9.17) is 16.3 Å². The minimum atomic E-state index is -0.679. The summed E-state index contributed by atoms with van der Waals surface area (Å²) in [7, 11) is 0. The minimum absolute atomic E-state index is 0.00799. The van der Waals surface area contributed by atoms with Gasteiger partial charge in [0.05, 0.1) is 23.0 Å². The van der Waals surface area contributed by atoms with Crippen LogP contribution in [-0.2, 0) is 9.59 Å². The van der Waals surface area contributed by atoms with Crippen LogP contribution in [0.25, 0.3) is 0 Å². The lowest BCUT2D eigenvalue weighted by atomic mass is 9.73. The van der Waals surface area contributed by atoms with Crippen molar-refractivity contribution in [1.82, 2.24) is 0 Å². The van der Waals surface area contributed by atoms with Crippen LogP contribution >= 0.6 is 11.6 Å². The highest BCUT2D eigenvalue weighted by atomic mass is 35.5. The van der Waals surface area contributed by atoms with Crippen LogP contribution in [0.15, 0.2) is 84.1 Å². The van der Waals surface area contributed by atoms with Gasteiger partial charge in [-0.25, -0.2) is 4.79 Å². The molecule has 0 bridgehead atoms. The van der Waals surface area contributed by atoms with Crippen LogP contribution in [0.4, 0.5) is 11.4 Å². The molecule has 3 aromatic carbocycles. The van der Waals surface area contributed by atoms with E-state index in [9.17, 15) is 14.4 Å². The number of benzene rings is 3. The third-order valence-corrected chi connectivity index (χ3v) is 6.96. The molecule has 5 rings (SSSR count). The van der Waals surface area contributed by atoms with Gasteiger partial charge in [0.1, 0.15) is 5.75 Å². The summed E-state index contributed by atoms with van der Waals surface area (Å²) >= 11 is 5.94. The van der Waals surface area contributed by atoms with Gasteiger partial charge < -0.3 is 10.1 Å². The van der Waals surface area contributed by atoms with Crippen LogP contribution < -0.4 is 15.0 Å². The van der Waals surface area contributed by atoms with Gasteiger partial charge in [-0.15, -0.1) is 0 Å². The molecule has 0 aromatic heterocycles. The topological polar surface area (TPSA) is 75.7 Å². The molecule has 1 unspecified atom stereocenters. The molecular weight excluding hydrogens is 488 g/mol. The van der Waals surface area contributed by atoms with E-state index in [1.165, 1.54) is 6.92 Å². The summed E-state index contributed by atoms with van der Waals surface area (Å²) in [5, 5.41) is 4.00. The number of carbonyl (C=O) groups excluding carboxylic acids is 3. The van der Waals surface area contributed by atoms with Crippen molar-refractivity contribution in [2.75, 3.05) is 10.2 Å². The van der Waals surface area contributed by atoms with Gasteiger partial charge in [0, 0.05) is 29.6 Å². The first-order valence-corrected chi connectivity index (χ1v) is 12.5. The first-order valence-electron chi connectivity index (χ1n) is 12.1. The van der Waals surface area contributed by atoms with Gasteiger partial charge in [0.2, 0.25) is 5.91 Å². The number of allylic oxidation sites excluding steroid dienone is 1. The number of para-hydroxylation sites is 2. The number of ketones is 1. The number of carbonyl (C=O) groups is 3. The Balaban J connectivity index is 1.62. The summed E-state index contributed by atoms with van der Waals surface area (Å²) in [6, 6.07) is 20.3. The smallest absolute Gasteiger partial charge is 0.343 e. The van der Waals surface area contributed by atoms with Crippen LogP contribution in [0.5, 0.6) is 5.75 Å². The number of halogens is 1. The van der Waals surface area contributed by atoms with Gasteiger partial charge in [0.15, 0.2) is 5.78 Å². The Morgan fingerprint density at radius 3 is 2.46 bits per heavy atom. The Kier molecular flexibility index (Phi) is 6.38. The number of rotatable bonds is 3. The molecular formula is C30H27ClN2O4. The number of hydrogen-bond donors (Lipinski definition) is 1. The fourth-order valence-electron chi connectivity index (χ4n) is 5.15. The van der Waals surface area contributed by atoms with Gasteiger partial charge in [-0.05, 0) is 65.9 Å². The maximum atomic E-state index is 13.6. The average Bonchev–Trinajstić information content (AvgIpc) is 2.98. The number of nitrogens with one attached hydrogen (secondary N) is 1. The molecule has 0 radical (unpaired) electrons. The van der Waals surface area contributed by atoms with Gasteiger partial charge in [0.25, 0.3) is 0 Å². The van der Waals surface area contributed by atoms with Crippen molar-refractivity contribution in [3.05, 3.63) is 100 Å². The lowest BCUT2D eigenvalue weighted by Gasteiger charge is -2.36. The number of ether oxygens (including phenoxy) is 1. The summed E-state index contributed by atoms with van der Waals surface area (Å²) in [5.74, 6) is -0.418. The predicted molar refractivity (Wildman–Crippen MR) is 144 cm³/mol. The van der Waals surface area contributed by atoms with Gasteiger partial charge in [-0.1, -0.05) is 49.7 Å². The highest BCUT2D eigenvalue weighted by Gasteiger charge is 2.42. The van der Waals surface area contributed by atoms with Crippen molar-refractivity contribution >= 4 is 40.6 Å². The summed E-state index contributed by atoms with van der Waals surface area (Å²) in [5.41, 5.74) is 3.65. The number of esters is 1. The molecule has 0 saturated heterocycles. The number of nitrogens with zero attached hydrogens (tertiary/aromatic N) is 1. The molecule has 3 aromatic rings. The molecule has 1 atom stereocenters. The second-order valence-corrected chi connectivity index (χ2v) is 10.7. The fourth-order valence-corrected chi connectivity index (χ4v) is 5.28. The Morgan fingerprint density at radius 2 is 1.73 bits per heavy atom. The quantitative estimate of drug-likeness (QED) is 0.310. The Labute approximate surface area is 220 Å². The van der Waals surface area contributed by atoms with E-state index in [-0.39, 0.29) is 17.1 Å². The lowest BCUT2D eigenvalue weighted by Crippen LogP contribution is -2.38. The Morgan fingerprint density at radius 1 is 1.00 bits per heavy atom. The van der Waals surface area contributed by atoms with E-state index < -0.39 is 12.0 Å². The van der Waals surface area contributed by atoms with Crippen LogP contribution in [0, 0.1) is 5.41 Å². The first kappa shape index (κ1) is 24.8. The molecule has 6 nitrogen and oxygen atoms in total. The monoisotopic (exact) mass is 514 g/mol. The highest BCUT2D eigenvalue weighted by molar-refractivity contribution is 6.30. The third-order valence-electron chi connectivity index (χ3n) is 6.70. The molecule has 1 aliphatic carbocycles. The number of anilines is 2. The van der Waals surface area contributed by atoms with Gasteiger partial charge >= 0.3 is 5.97 Å². The molecule has 2 aliphatic rings. The van der Waals surface area contributed by atoms with Crippen LogP contribution in [0.2, 0.25) is 5.02 Å². The Bertz CT molecular complexity index is 1440. The lowest BCUT2D eigenvalue weighted by molar-refractivity contribution is -0.118. The molecule has 0 fully saturated rings. The minimum Gasteiger partial charge on any atom is -0.423 e. The molecule has 7 heteroatoms. The third kappa shape index (κ3) is 4.89. The van der Waals surface area contributed by atoms with E-state index >= 15 is 0 Å². The van der Waals surface area contributed by atoms with Crippen molar-refractivity contribution in [3.63, 3.8) is 0 Å². The Hall–Kier alpha value is -3.90. The zero-order valence-electron chi connectivity index (χ0n) is 20.9. The summed E-state index contributed by atoms with van der Waals surface area (Å²) < 4.78 is 5.66. The molecule has 0 spiro atoms. The molecule has 1 amide bonds. The van der Waals surface area contributed by atoms with Gasteiger partial charge in [-0.2, -0.15) is 0 Å². The zero-order chi connectivity index (χ0) is 26.3. The van der Waals surface area contributed by atoms with Crippen molar-refractivity contribution in [1.29, 1.82) is 0 Å². The first-order chi connectivity index (χ1) is 17.6. The van der Waals surface area contributed by atoms with Gasteiger partial charge in [-0.3, -0.25) is 14.5 Å². The maximum Gasteiger partial charge on any atom is 0.343 e. The summed E-state index contributed by atoms with van der Waals surface area (Å²) in [6.07, 6.45) is 1.03. The van der Waals surface area contributed by atoms with E-state index in [0.29, 0.717) is 46.0 Å². The van der Waals surface area contributed by atoms with Crippen molar-refractivity contribution < 1.29 is 19.1 Å². The van der Waals surface area contributed by atoms with Crippen LogP contribution in [-0.4, -0.2) is 17.7 Å². The molecule has 37 heavy (non-hydrogen) atoms. The SMILES string of the molecule is CC(=O)N1c2ccccc2NC2=C(C(=O)CC(C)(C)C2)C1c1cccc(OC(=O)c2ccc(Cl)cc2)c1. The summed E-state index contributed by atoms with van der Waals surface area (Å²) in [6.45, 7) is 5.64. The molecule has 0 saturated carbocycles. The normalized spacial score (nSPS) is 18.3. The largest absolute Gasteiger partial charge is 0.423 e. The van der Waals surface area contributed by atoms with E-state index in [0.717, 1.165) is 11.4 Å². The van der Waals surface area contributed by atoms with Crippen LogP contribution in [0.1, 0.15) is 55.6 Å². The van der Waals surface area contributed by atoms with Crippen molar-refractivity contribution in [2.24, 2.45) is 5.41 Å². The number of fused-ring (bicyclic) bond motifs is 1. The van der Waals surface area contributed by atoms with Crippen LogP contribution in [0.3, 0.4) is 0 Å². The number of amides is 1. The highest BCUT2D eigenvalue weighted by Crippen LogP contribution is 2.48. The summed E-state index contributed by atoms with van der Waals surface area (Å²) in [4.78, 5) is 41.2. The average molecular weight is 515 g/mol. The predicted octanol–water partition coefficient (Wildman–Crippen LogP) is 6.72. The maximum absolute atomic E-state index is 13.6.